The van der Waals surface area contributed by atoms with Crippen LogP contribution in [-0.4, -0.2) is 40.5 Å². The molecule has 1 amide bonds. The van der Waals surface area contributed by atoms with Crippen LogP contribution in [0.5, 0.6) is 5.75 Å². The number of amides is 1. The summed E-state index contributed by atoms with van der Waals surface area (Å²) in [6, 6.07) is 7.53. The number of ether oxygens (including phenoxy) is 1. The predicted molar refractivity (Wildman–Crippen MR) is 109 cm³/mol. The van der Waals surface area contributed by atoms with Crippen molar-refractivity contribution in [2.24, 2.45) is 5.92 Å². The second-order valence-corrected chi connectivity index (χ2v) is 7.34. The largest absolute Gasteiger partial charge is 0.493 e. The van der Waals surface area contributed by atoms with Crippen molar-refractivity contribution in [2.75, 3.05) is 30.4 Å². The van der Waals surface area contributed by atoms with E-state index >= 15 is 0 Å². The van der Waals surface area contributed by atoms with Gasteiger partial charge in [0.25, 0.3) is 5.91 Å². The van der Waals surface area contributed by atoms with Crippen LogP contribution in [0.3, 0.4) is 0 Å². The lowest BCUT2D eigenvalue weighted by molar-refractivity contribution is 0.102. The van der Waals surface area contributed by atoms with E-state index in [0.29, 0.717) is 28.5 Å². The lowest BCUT2D eigenvalue weighted by Gasteiger charge is -2.31. The van der Waals surface area contributed by atoms with E-state index in [-0.39, 0.29) is 5.91 Å². The minimum atomic E-state index is -0.223. The second-order valence-electron chi connectivity index (χ2n) is 7.34. The summed E-state index contributed by atoms with van der Waals surface area (Å²) in [7, 11) is 1.59. The number of carbonyl (C=O) groups is 1. The number of hydrogen-bond donors (Lipinski definition) is 1. The highest BCUT2D eigenvalue weighted by molar-refractivity contribution is 6.04. The number of piperidine rings is 1. The number of methoxy groups -OCH3 is 1. The van der Waals surface area contributed by atoms with Crippen molar-refractivity contribution in [3.63, 3.8) is 0 Å². The number of rotatable bonds is 4. The van der Waals surface area contributed by atoms with Crippen LogP contribution in [-0.2, 0) is 0 Å². The summed E-state index contributed by atoms with van der Waals surface area (Å²) in [5.74, 6) is 2.15. The van der Waals surface area contributed by atoms with Gasteiger partial charge in [-0.2, -0.15) is 0 Å². The zero-order chi connectivity index (χ0) is 19.7. The van der Waals surface area contributed by atoms with Crippen molar-refractivity contribution in [1.82, 2.24) is 14.4 Å². The Hall–Kier alpha value is -3.09. The van der Waals surface area contributed by atoms with Crippen molar-refractivity contribution >= 4 is 23.1 Å². The standard InChI is InChI=1S/C21H25N5O2/c1-14-8-11-25(12-9-14)18-7-6-16(13-22-18)24-21(27)19-15(2)23-20-17(28-3)5-4-10-26(19)20/h4-7,10,13-14H,8-9,11-12H2,1-3H3,(H,24,27). The van der Waals surface area contributed by atoms with Crippen LogP contribution in [0.25, 0.3) is 5.65 Å². The van der Waals surface area contributed by atoms with E-state index in [1.807, 2.05) is 37.4 Å². The van der Waals surface area contributed by atoms with Gasteiger partial charge in [0.05, 0.1) is 24.7 Å². The molecule has 0 aliphatic carbocycles. The van der Waals surface area contributed by atoms with Crippen LogP contribution in [0, 0.1) is 12.8 Å². The first-order valence-corrected chi connectivity index (χ1v) is 9.61. The van der Waals surface area contributed by atoms with Crippen molar-refractivity contribution < 1.29 is 9.53 Å². The van der Waals surface area contributed by atoms with E-state index in [1.54, 1.807) is 17.7 Å². The third-order valence-corrected chi connectivity index (χ3v) is 5.34. The first-order valence-electron chi connectivity index (χ1n) is 9.61. The third-order valence-electron chi connectivity index (χ3n) is 5.34. The highest BCUT2D eigenvalue weighted by Gasteiger charge is 2.20. The third kappa shape index (κ3) is 3.40. The molecular formula is C21H25N5O2. The van der Waals surface area contributed by atoms with Gasteiger partial charge in [-0.25, -0.2) is 9.97 Å². The second kappa shape index (κ2) is 7.50. The average molecular weight is 379 g/mol. The number of fused-ring (bicyclic) bond motifs is 1. The van der Waals surface area contributed by atoms with E-state index in [4.69, 9.17) is 4.74 Å². The normalized spacial score (nSPS) is 15.0. The molecule has 4 heterocycles. The number of carbonyl (C=O) groups excluding carboxylic acids is 1. The van der Waals surface area contributed by atoms with E-state index in [1.165, 1.54) is 12.8 Å². The lowest BCUT2D eigenvalue weighted by Crippen LogP contribution is -2.33. The molecule has 7 nitrogen and oxygen atoms in total. The van der Waals surface area contributed by atoms with E-state index in [0.717, 1.165) is 24.8 Å². The molecule has 0 saturated carbocycles. The molecule has 28 heavy (non-hydrogen) atoms. The molecule has 1 N–H and O–H groups in total. The van der Waals surface area contributed by atoms with Gasteiger partial charge in [-0.3, -0.25) is 9.20 Å². The molecule has 146 valence electrons. The molecule has 3 aromatic heterocycles. The van der Waals surface area contributed by atoms with Crippen LogP contribution in [0.15, 0.2) is 36.7 Å². The van der Waals surface area contributed by atoms with Crippen molar-refractivity contribution in [3.8, 4) is 5.75 Å². The molecule has 1 aliphatic rings. The zero-order valence-electron chi connectivity index (χ0n) is 16.5. The summed E-state index contributed by atoms with van der Waals surface area (Å²) in [4.78, 5) is 24.2. The van der Waals surface area contributed by atoms with Gasteiger partial charge in [0.2, 0.25) is 0 Å². The van der Waals surface area contributed by atoms with Crippen LogP contribution in [0.1, 0.15) is 35.9 Å². The Labute approximate surface area is 164 Å². The van der Waals surface area contributed by atoms with E-state index < -0.39 is 0 Å². The smallest absolute Gasteiger partial charge is 0.274 e. The molecule has 0 atom stereocenters. The number of nitrogens with one attached hydrogen (secondary N) is 1. The first-order chi connectivity index (χ1) is 13.6. The average Bonchev–Trinajstić information content (AvgIpc) is 3.05. The summed E-state index contributed by atoms with van der Waals surface area (Å²) in [6.45, 7) is 6.17. The fraction of sp³-hybridized carbons (Fsp3) is 0.381. The van der Waals surface area contributed by atoms with Gasteiger partial charge in [-0.05, 0) is 49.9 Å². The minimum absolute atomic E-state index is 0.223. The SMILES string of the molecule is COc1cccn2c(C(=O)Nc3ccc(N4CCC(C)CC4)nc3)c(C)nc12. The zero-order valence-corrected chi connectivity index (χ0v) is 16.5. The van der Waals surface area contributed by atoms with Crippen LogP contribution in [0.4, 0.5) is 11.5 Å². The topological polar surface area (TPSA) is 71.8 Å². The molecule has 7 heteroatoms. The molecule has 0 aromatic carbocycles. The number of hydrogen-bond acceptors (Lipinski definition) is 5. The van der Waals surface area contributed by atoms with Crippen LogP contribution >= 0.6 is 0 Å². The number of aryl methyl sites for hydroxylation is 1. The van der Waals surface area contributed by atoms with Crippen molar-refractivity contribution in [2.45, 2.75) is 26.7 Å². The number of nitrogens with zero attached hydrogens (tertiary/aromatic N) is 4. The summed E-state index contributed by atoms with van der Waals surface area (Å²) < 4.78 is 7.09. The Kier molecular flexibility index (Phi) is 4.90. The minimum Gasteiger partial charge on any atom is -0.493 e. The number of anilines is 2. The van der Waals surface area contributed by atoms with Gasteiger partial charge >= 0.3 is 0 Å². The maximum absolute atomic E-state index is 12.9. The molecule has 1 saturated heterocycles. The van der Waals surface area contributed by atoms with Gasteiger partial charge < -0.3 is 15.0 Å². The first kappa shape index (κ1) is 18.3. The van der Waals surface area contributed by atoms with Crippen LogP contribution < -0.4 is 15.0 Å². The quantitative estimate of drug-likeness (QED) is 0.751. The summed E-state index contributed by atoms with van der Waals surface area (Å²) >= 11 is 0. The van der Waals surface area contributed by atoms with Crippen molar-refractivity contribution in [1.29, 1.82) is 0 Å². The molecule has 4 rings (SSSR count). The summed E-state index contributed by atoms with van der Waals surface area (Å²) in [5, 5.41) is 2.93. The molecular weight excluding hydrogens is 354 g/mol. The van der Waals surface area contributed by atoms with Gasteiger partial charge in [-0.15, -0.1) is 0 Å². The molecule has 1 fully saturated rings. The Morgan fingerprint density at radius 1 is 1.25 bits per heavy atom. The Bertz CT molecular complexity index is 988. The number of imidazole rings is 1. The molecule has 1 aliphatic heterocycles. The monoisotopic (exact) mass is 379 g/mol. The summed E-state index contributed by atoms with van der Waals surface area (Å²) in [5.41, 5.74) is 2.42. The fourth-order valence-corrected chi connectivity index (χ4v) is 3.66. The molecule has 0 radical (unpaired) electrons. The molecule has 0 unspecified atom stereocenters. The van der Waals surface area contributed by atoms with Gasteiger partial charge in [0, 0.05) is 19.3 Å². The maximum atomic E-state index is 12.9. The molecule has 0 bridgehead atoms. The molecule has 3 aromatic rings. The van der Waals surface area contributed by atoms with E-state index in [2.05, 4.69) is 27.1 Å². The van der Waals surface area contributed by atoms with Crippen LogP contribution in [0.2, 0.25) is 0 Å². The van der Waals surface area contributed by atoms with Gasteiger partial charge in [0.15, 0.2) is 11.4 Å². The Morgan fingerprint density at radius 2 is 2.04 bits per heavy atom. The van der Waals surface area contributed by atoms with Crippen molar-refractivity contribution in [3.05, 3.63) is 48.0 Å². The lowest BCUT2D eigenvalue weighted by atomic mass is 9.99. The highest BCUT2D eigenvalue weighted by Crippen LogP contribution is 2.24. The number of aromatic nitrogens is 3. The van der Waals surface area contributed by atoms with Gasteiger partial charge in [-0.1, -0.05) is 6.92 Å². The van der Waals surface area contributed by atoms with Gasteiger partial charge in [0.1, 0.15) is 11.5 Å². The maximum Gasteiger partial charge on any atom is 0.274 e. The fourth-order valence-electron chi connectivity index (χ4n) is 3.66. The van der Waals surface area contributed by atoms with E-state index in [9.17, 15) is 4.79 Å². The molecule has 0 spiro atoms. The Balaban J connectivity index is 1.53. The Morgan fingerprint density at radius 3 is 2.71 bits per heavy atom. The predicted octanol–water partition coefficient (Wildman–Crippen LogP) is 3.53. The number of pyridine rings is 2. The highest BCUT2D eigenvalue weighted by atomic mass is 16.5. The summed E-state index contributed by atoms with van der Waals surface area (Å²) in [6.07, 6.45) is 5.91.